The van der Waals surface area contributed by atoms with Crippen LogP contribution in [0.15, 0.2) is 84.3 Å². The van der Waals surface area contributed by atoms with Crippen LogP contribution in [-0.4, -0.2) is 50.4 Å². The van der Waals surface area contributed by atoms with Gasteiger partial charge in [-0.15, -0.1) is 0 Å². The smallest absolute Gasteiger partial charge is 0.188 e. The van der Waals surface area contributed by atoms with Crippen LogP contribution in [0.2, 0.25) is 0 Å². The second-order valence-electron chi connectivity index (χ2n) is 14.1. The van der Waals surface area contributed by atoms with Crippen molar-refractivity contribution in [1.82, 2.24) is 4.90 Å². The number of piperidine rings is 1. The van der Waals surface area contributed by atoms with Crippen molar-refractivity contribution in [3.8, 4) is 11.5 Å². The van der Waals surface area contributed by atoms with E-state index in [0.29, 0.717) is 11.8 Å². The van der Waals surface area contributed by atoms with Crippen LogP contribution in [0.25, 0.3) is 11.1 Å². The van der Waals surface area contributed by atoms with E-state index >= 15 is 0 Å². The fraction of sp³-hybridized carbons (Fsp3) is 0.476. The van der Waals surface area contributed by atoms with Crippen LogP contribution in [0.4, 0.5) is 5.69 Å². The fourth-order valence-corrected chi connectivity index (χ4v) is 6.14. The van der Waals surface area contributed by atoms with E-state index in [4.69, 9.17) is 14.2 Å². The molecule has 4 rings (SSSR count). The summed E-state index contributed by atoms with van der Waals surface area (Å²) in [5, 5.41) is 0. The number of allylic oxidation sites excluding steroid dienone is 6. The molecule has 2 aromatic rings. The third-order valence-corrected chi connectivity index (χ3v) is 8.81. The van der Waals surface area contributed by atoms with Gasteiger partial charge in [-0.25, -0.2) is 0 Å². The minimum atomic E-state index is -0.191. The number of hydrogen-bond donors (Lipinski definition) is 0. The minimum absolute atomic E-state index is 0.191. The second kappa shape index (κ2) is 16.3. The molecule has 0 aromatic heterocycles. The maximum atomic E-state index is 6.51. The van der Waals surface area contributed by atoms with Gasteiger partial charge in [0.1, 0.15) is 5.60 Å². The van der Waals surface area contributed by atoms with E-state index in [9.17, 15) is 0 Å². The van der Waals surface area contributed by atoms with Crippen molar-refractivity contribution < 1.29 is 14.2 Å². The predicted molar refractivity (Wildman–Crippen MR) is 200 cm³/mol. The summed E-state index contributed by atoms with van der Waals surface area (Å²) in [6, 6.07) is 13.7. The Kier molecular flexibility index (Phi) is 12.5. The number of aryl methyl sites for hydroxylation is 1. The first-order chi connectivity index (χ1) is 22.4. The number of benzene rings is 2. The van der Waals surface area contributed by atoms with Crippen molar-refractivity contribution in [2.75, 3.05) is 38.8 Å². The highest BCUT2D eigenvalue weighted by molar-refractivity contribution is 5.77. The highest BCUT2D eigenvalue weighted by Gasteiger charge is 2.32. The zero-order chi connectivity index (χ0) is 34.1. The lowest BCUT2D eigenvalue weighted by molar-refractivity contribution is -0.00533. The summed E-state index contributed by atoms with van der Waals surface area (Å²) in [5.41, 5.74) is 9.27. The minimum Gasteiger partial charge on any atom is -0.493 e. The number of rotatable bonds is 14. The molecule has 0 atom stereocenters. The van der Waals surface area contributed by atoms with Crippen molar-refractivity contribution in [3.63, 3.8) is 0 Å². The maximum Gasteiger partial charge on any atom is 0.188 e. The molecule has 1 saturated carbocycles. The molecule has 0 radical (unpaired) electrons. The Hall–Kier alpha value is -3.86. The van der Waals surface area contributed by atoms with Gasteiger partial charge >= 0.3 is 0 Å². The van der Waals surface area contributed by atoms with Crippen LogP contribution in [0.3, 0.4) is 0 Å². The average molecular weight is 639 g/mol. The van der Waals surface area contributed by atoms with Crippen LogP contribution in [0.5, 0.6) is 11.5 Å². The third-order valence-electron chi connectivity index (χ3n) is 8.81. The molecule has 1 aliphatic heterocycles. The average Bonchev–Trinajstić information content (AvgIpc) is 3.89. The molecule has 1 heterocycles. The molecule has 47 heavy (non-hydrogen) atoms. The predicted octanol–water partition coefficient (Wildman–Crippen LogP) is 10.5. The molecule has 2 aromatic carbocycles. The SMILES string of the molecule is C=C(C)c1cc(/C(C)=C/C(=C\C=C/CCC)CN(c2ccc(C)cc2)C2CCN(C(OC(C)(C)C)=C3CC3)CC2)cc(OC)c1OC. The quantitative estimate of drug-likeness (QED) is 0.152. The molecule has 0 N–H and O–H groups in total. The van der Waals surface area contributed by atoms with Gasteiger partial charge in [0, 0.05) is 36.9 Å². The normalized spacial score (nSPS) is 16.0. The zero-order valence-electron chi connectivity index (χ0n) is 30.5. The second-order valence-corrected chi connectivity index (χ2v) is 14.1. The standard InChI is InChI=1S/C42H58N2O3/c1-11-12-13-14-15-33(26-32(5)35-27-38(30(2)3)40(46-10)39(28-35)45-9)29-44(36-20-16-31(4)17-21-36)37-22-24-43(25-23-37)41(34-18-19-34)47-42(6,7)8/h13-17,20-21,26-28,37H,2,11-12,18-19,22-25,29H2,1,3-10H3/b14-13-,32-26+,33-15+. The molecular weight excluding hydrogens is 580 g/mol. The molecule has 1 aliphatic carbocycles. The van der Waals surface area contributed by atoms with Crippen LogP contribution in [-0.2, 0) is 4.74 Å². The van der Waals surface area contributed by atoms with Gasteiger partial charge in [0.2, 0.25) is 0 Å². The molecule has 5 nitrogen and oxygen atoms in total. The summed E-state index contributed by atoms with van der Waals surface area (Å²) in [6.07, 6.45) is 15.8. The summed E-state index contributed by atoms with van der Waals surface area (Å²) in [7, 11) is 3.37. The number of unbranched alkanes of at least 4 members (excludes halogenated alkanes) is 1. The lowest BCUT2D eigenvalue weighted by Crippen LogP contribution is -2.46. The Morgan fingerprint density at radius 1 is 1.02 bits per heavy atom. The van der Waals surface area contributed by atoms with E-state index in [1.165, 1.54) is 40.8 Å². The van der Waals surface area contributed by atoms with Gasteiger partial charge in [0.25, 0.3) is 0 Å². The lowest BCUT2D eigenvalue weighted by atomic mass is 9.97. The molecule has 0 spiro atoms. The first kappa shape index (κ1) is 36.0. The van der Waals surface area contributed by atoms with Crippen LogP contribution in [0.1, 0.15) is 96.8 Å². The Bertz CT molecular complexity index is 1490. The molecule has 1 saturated heterocycles. The number of nitrogens with zero attached hydrogens (tertiary/aromatic N) is 2. The summed E-state index contributed by atoms with van der Waals surface area (Å²) in [5.74, 6) is 2.58. The number of anilines is 1. The summed E-state index contributed by atoms with van der Waals surface area (Å²) in [6.45, 7) is 22.1. The molecule has 0 bridgehead atoms. The van der Waals surface area contributed by atoms with E-state index in [1.54, 1.807) is 14.2 Å². The van der Waals surface area contributed by atoms with E-state index in [-0.39, 0.29) is 5.60 Å². The maximum absolute atomic E-state index is 6.51. The number of methoxy groups -OCH3 is 2. The molecule has 2 aliphatic rings. The van der Waals surface area contributed by atoms with E-state index in [1.807, 2.05) is 6.92 Å². The topological polar surface area (TPSA) is 34.2 Å². The Morgan fingerprint density at radius 3 is 2.26 bits per heavy atom. The first-order valence-electron chi connectivity index (χ1n) is 17.4. The third kappa shape index (κ3) is 10.1. The Balaban J connectivity index is 1.67. The van der Waals surface area contributed by atoms with Crippen LogP contribution < -0.4 is 14.4 Å². The lowest BCUT2D eigenvalue weighted by Gasteiger charge is -2.42. The van der Waals surface area contributed by atoms with Crippen LogP contribution in [0, 0.1) is 6.92 Å². The first-order valence-corrected chi connectivity index (χ1v) is 17.4. The van der Waals surface area contributed by atoms with Crippen molar-refractivity contribution in [2.24, 2.45) is 0 Å². The van der Waals surface area contributed by atoms with Gasteiger partial charge in [-0.3, -0.25) is 0 Å². The van der Waals surface area contributed by atoms with Crippen molar-refractivity contribution in [3.05, 3.63) is 101 Å². The van der Waals surface area contributed by atoms with Gasteiger partial charge in [-0.05, 0) is 126 Å². The monoisotopic (exact) mass is 638 g/mol. The number of likely N-dealkylation sites (tertiary alicyclic amines) is 1. The van der Waals surface area contributed by atoms with Gasteiger partial charge in [-0.1, -0.05) is 61.9 Å². The van der Waals surface area contributed by atoms with Gasteiger partial charge in [-0.2, -0.15) is 0 Å². The van der Waals surface area contributed by atoms with Crippen molar-refractivity contribution in [1.29, 1.82) is 0 Å². The van der Waals surface area contributed by atoms with E-state index in [2.05, 4.69) is 119 Å². The van der Waals surface area contributed by atoms with Gasteiger partial charge in [0.05, 0.1) is 14.2 Å². The molecule has 2 fully saturated rings. The molecule has 254 valence electrons. The molecule has 0 unspecified atom stereocenters. The van der Waals surface area contributed by atoms with Crippen molar-refractivity contribution >= 4 is 16.8 Å². The van der Waals surface area contributed by atoms with Crippen molar-refractivity contribution in [2.45, 2.75) is 98.6 Å². The zero-order valence-corrected chi connectivity index (χ0v) is 30.5. The highest BCUT2D eigenvalue weighted by atomic mass is 16.5. The van der Waals surface area contributed by atoms with E-state index < -0.39 is 0 Å². The Morgan fingerprint density at radius 2 is 1.70 bits per heavy atom. The number of hydrogen-bond acceptors (Lipinski definition) is 5. The van der Waals surface area contributed by atoms with Crippen LogP contribution >= 0.6 is 0 Å². The molecule has 0 amide bonds. The summed E-state index contributed by atoms with van der Waals surface area (Å²) >= 11 is 0. The summed E-state index contributed by atoms with van der Waals surface area (Å²) in [4.78, 5) is 5.13. The molecular formula is C42H58N2O3. The van der Waals surface area contributed by atoms with Gasteiger partial charge in [0.15, 0.2) is 17.4 Å². The largest absolute Gasteiger partial charge is 0.493 e. The van der Waals surface area contributed by atoms with E-state index in [0.717, 1.165) is 73.7 Å². The Labute approximate surface area is 285 Å². The number of ether oxygens (including phenoxy) is 3. The summed E-state index contributed by atoms with van der Waals surface area (Å²) < 4.78 is 18.0. The molecule has 5 heteroatoms. The highest BCUT2D eigenvalue weighted by Crippen LogP contribution is 2.39. The fourth-order valence-electron chi connectivity index (χ4n) is 6.14. The van der Waals surface area contributed by atoms with Gasteiger partial charge < -0.3 is 24.0 Å².